The van der Waals surface area contributed by atoms with Crippen LogP contribution in [0.3, 0.4) is 0 Å². The molecule has 3 aromatic rings. The molecule has 0 aliphatic carbocycles. The molecular formula is C22H21BrIN3O2. The maximum absolute atomic E-state index is 12.4. The first-order chi connectivity index (χ1) is 14.0. The average molecular weight is 566 g/mol. The number of benzene rings is 2. The molecule has 2 aromatic carbocycles. The lowest BCUT2D eigenvalue weighted by Gasteiger charge is -2.29. The van der Waals surface area contributed by atoms with Gasteiger partial charge in [0.1, 0.15) is 5.58 Å². The number of carbonyl (C=O) groups is 1. The van der Waals surface area contributed by atoms with Crippen molar-refractivity contribution in [3.63, 3.8) is 0 Å². The molecule has 0 radical (unpaired) electrons. The van der Waals surface area contributed by atoms with Gasteiger partial charge in [-0.3, -0.25) is 4.79 Å². The van der Waals surface area contributed by atoms with E-state index in [1.165, 1.54) is 24.9 Å². The van der Waals surface area contributed by atoms with E-state index in [0.717, 1.165) is 37.6 Å². The van der Waals surface area contributed by atoms with Crippen LogP contribution in [0.4, 0.5) is 5.69 Å². The fraction of sp³-hybridized carbons (Fsp3) is 0.273. The van der Waals surface area contributed by atoms with E-state index in [1.807, 2.05) is 12.1 Å². The SMILES string of the molecule is Cc1cc(N2CCCCC2)ccc1/C=N\NC(=O)c1cc2cc(Br)cc(I)c2o1. The number of furan rings is 1. The topological polar surface area (TPSA) is 57.8 Å². The fourth-order valence-corrected chi connectivity index (χ4v) is 5.22. The lowest BCUT2D eigenvalue weighted by molar-refractivity contribution is 0.0929. The largest absolute Gasteiger partial charge is 0.450 e. The predicted octanol–water partition coefficient (Wildman–Crippen LogP) is 5.86. The number of aryl methyl sites for hydroxylation is 1. The molecule has 0 spiro atoms. The molecule has 1 saturated heterocycles. The number of hydrogen-bond acceptors (Lipinski definition) is 4. The van der Waals surface area contributed by atoms with E-state index in [2.05, 4.69) is 79.1 Å². The molecule has 0 bridgehead atoms. The zero-order valence-electron chi connectivity index (χ0n) is 16.0. The first-order valence-corrected chi connectivity index (χ1v) is 11.5. The van der Waals surface area contributed by atoms with Crippen molar-refractivity contribution in [3.05, 3.63) is 61.3 Å². The van der Waals surface area contributed by atoms with Crippen LogP contribution in [0.15, 0.2) is 50.4 Å². The summed E-state index contributed by atoms with van der Waals surface area (Å²) in [6.07, 6.45) is 5.51. The van der Waals surface area contributed by atoms with Gasteiger partial charge in [-0.2, -0.15) is 5.10 Å². The zero-order chi connectivity index (χ0) is 20.4. The highest BCUT2D eigenvalue weighted by Gasteiger charge is 2.14. The Kier molecular flexibility index (Phi) is 6.24. The number of halogens is 2. The monoisotopic (exact) mass is 565 g/mol. The molecule has 0 atom stereocenters. The number of piperidine rings is 1. The van der Waals surface area contributed by atoms with Gasteiger partial charge in [0.15, 0.2) is 5.76 Å². The van der Waals surface area contributed by atoms with Crippen molar-refractivity contribution in [2.24, 2.45) is 5.10 Å². The second-order valence-corrected chi connectivity index (χ2v) is 9.28. The molecule has 150 valence electrons. The number of amides is 1. The van der Waals surface area contributed by atoms with Crippen molar-refractivity contribution < 1.29 is 9.21 Å². The van der Waals surface area contributed by atoms with Gasteiger partial charge in [0.2, 0.25) is 0 Å². The number of hydrogen-bond donors (Lipinski definition) is 1. The van der Waals surface area contributed by atoms with Crippen molar-refractivity contribution in [2.45, 2.75) is 26.2 Å². The van der Waals surface area contributed by atoms with Gasteiger partial charge < -0.3 is 9.32 Å². The van der Waals surface area contributed by atoms with Crippen LogP contribution in [0.25, 0.3) is 11.0 Å². The summed E-state index contributed by atoms with van der Waals surface area (Å²) in [5.74, 6) is -0.128. The van der Waals surface area contributed by atoms with Crippen LogP contribution in [0, 0.1) is 10.5 Å². The van der Waals surface area contributed by atoms with E-state index in [-0.39, 0.29) is 11.7 Å². The highest BCUT2D eigenvalue weighted by molar-refractivity contribution is 14.1. The Labute approximate surface area is 191 Å². The maximum atomic E-state index is 12.4. The number of nitrogens with zero attached hydrogens (tertiary/aromatic N) is 2. The van der Waals surface area contributed by atoms with Crippen LogP contribution in [-0.2, 0) is 0 Å². The molecule has 1 aliphatic rings. The third-order valence-electron chi connectivity index (χ3n) is 5.10. The Hall–Kier alpha value is -1.87. The second kappa shape index (κ2) is 8.87. The Morgan fingerprint density at radius 3 is 2.76 bits per heavy atom. The molecule has 0 unspecified atom stereocenters. The normalized spacial score (nSPS) is 14.7. The van der Waals surface area contributed by atoms with Gasteiger partial charge in [0.25, 0.3) is 0 Å². The summed E-state index contributed by atoms with van der Waals surface area (Å²) in [7, 11) is 0. The molecule has 7 heteroatoms. The minimum Gasteiger partial charge on any atom is -0.450 e. The number of hydrazone groups is 1. The minimum atomic E-state index is -0.369. The molecule has 2 heterocycles. The Morgan fingerprint density at radius 2 is 2.00 bits per heavy atom. The van der Waals surface area contributed by atoms with Gasteiger partial charge in [-0.25, -0.2) is 5.43 Å². The third-order valence-corrected chi connectivity index (χ3v) is 6.36. The second-order valence-electron chi connectivity index (χ2n) is 7.20. The molecule has 4 rings (SSSR count). The quantitative estimate of drug-likeness (QED) is 0.245. The highest BCUT2D eigenvalue weighted by Crippen LogP contribution is 2.28. The van der Waals surface area contributed by atoms with Crippen LogP contribution in [0.5, 0.6) is 0 Å². The smallest absolute Gasteiger partial charge is 0.307 e. The van der Waals surface area contributed by atoms with Crippen LogP contribution in [0.1, 0.15) is 40.9 Å². The highest BCUT2D eigenvalue weighted by atomic mass is 127. The zero-order valence-corrected chi connectivity index (χ0v) is 19.8. The standard InChI is InChI=1S/C22H21BrIN3O2/c1-14-9-18(27-7-3-2-4-8-27)6-5-15(14)13-25-26-22(28)20-11-16-10-17(23)12-19(24)21(16)29-20/h5-6,9-13H,2-4,7-8H2,1H3,(H,26,28)/b25-13-. The molecule has 1 aliphatic heterocycles. The summed E-state index contributed by atoms with van der Waals surface area (Å²) in [5.41, 5.74) is 6.63. The fourth-order valence-electron chi connectivity index (χ4n) is 3.56. The van der Waals surface area contributed by atoms with Crippen LogP contribution < -0.4 is 10.3 Å². The third kappa shape index (κ3) is 4.66. The molecule has 1 N–H and O–H groups in total. The van der Waals surface area contributed by atoms with Crippen LogP contribution in [-0.4, -0.2) is 25.2 Å². The molecule has 5 nitrogen and oxygen atoms in total. The Bertz CT molecular complexity index is 1090. The molecule has 29 heavy (non-hydrogen) atoms. The summed E-state index contributed by atoms with van der Waals surface area (Å²) in [6.45, 7) is 4.31. The van der Waals surface area contributed by atoms with Crippen molar-refractivity contribution in [2.75, 3.05) is 18.0 Å². The summed E-state index contributed by atoms with van der Waals surface area (Å²) in [4.78, 5) is 14.8. The summed E-state index contributed by atoms with van der Waals surface area (Å²) < 4.78 is 7.60. The number of rotatable bonds is 4. The Balaban J connectivity index is 1.44. The lowest BCUT2D eigenvalue weighted by Crippen LogP contribution is -2.29. The average Bonchev–Trinajstić information content (AvgIpc) is 3.14. The van der Waals surface area contributed by atoms with Crippen LogP contribution >= 0.6 is 38.5 Å². The molecule has 1 aromatic heterocycles. The number of nitrogens with one attached hydrogen (secondary N) is 1. The maximum Gasteiger partial charge on any atom is 0.307 e. The predicted molar refractivity (Wildman–Crippen MR) is 129 cm³/mol. The molecule has 0 saturated carbocycles. The summed E-state index contributed by atoms with van der Waals surface area (Å²) in [5, 5.41) is 5.00. The van der Waals surface area contributed by atoms with Gasteiger partial charge in [-0.15, -0.1) is 0 Å². The van der Waals surface area contributed by atoms with Crippen molar-refractivity contribution in [1.82, 2.24) is 5.43 Å². The van der Waals surface area contributed by atoms with Crippen molar-refractivity contribution in [1.29, 1.82) is 0 Å². The summed E-state index contributed by atoms with van der Waals surface area (Å²) in [6, 6.07) is 12.0. The molecule has 1 amide bonds. The number of carbonyl (C=O) groups excluding carboxylic acids is 1. The first kappa shape index (κ1) is 20.4. The summed E-state index contributed by atoms with van der Waals surface area (Å²) >= 11 is 5.65. The number of anilines is 1. The van der Waals surface area contributed by atoms with E-state index >= 15 is 0 Å². The van der Waals surface area contributed by atoms with E-state index in [1.54, 1.807) is 12.3 Å². The van der Waals surface area contributed by atoms with Crippen molar-refractivity contribution in [3.8, 4) is 0 Å². The van der Waals surface area contributed by atoms with E-state index < -0.39 is 0 Å². The van der Waals surface area contributed by atoms with E-state index in [9.17, 15) is 4.79 Å². The van der Waals surface area contributed by atoms with Gasteiger partial charge in [0, 0.05) is 28.6 Å². The van der Waals surface area contributed by atoms with Gasteiger partial charge in [-0.05, 0) is 90.2 Å². The Morgan fingerprint density at radius 1 is 1.21 bits per heavy atom. The number of fused-ring (bicyclic) bond motifs is 1. The first-order valence-electron chi connectivity index (χ1n) is 9.59. The van der Waals surface area contributed by atoms with E-state index in [4.69, 9.17) is 4.42 Å². The minimum absolute atomic E-state index is 0.241. The molecule has 1 fully saturated rings. The van der Waals surface area contributed by atoms with Gasteiger partial charge >= 0.3 is 5.91 Å². The van der Waals surface area contributed by atoms with Gasteiger partial charge in [-0.1, -0.05) is 22.0 Å². The van der Waals surface area contributed by atoms with Crippen molar-refractivity contribution >= 4 is 67.3 Å². The lowest BCUT2D eigenvalue weighted by atomic mass is 10.1. The van der Waals surface area contributed by atoms with Crippen LogP contribution in [0.2, 0.25) is 0 Å². The molecular weight excluding hydrogens is 545 g/mol. The van der Waals surface area contributed by atoms with Gasteiger partial charge in [0.05, 0.1) is 9.78 Å². The van der Waals surface area contributed by atoms with E-state index in [0.29, 0.717) is 5.58 Å².